The van der Waals surface area contributed by atoms with Gasteiger partial charge in [0.1, 0.15) is 0 Å². The zero-order valence-corrected chi connectivity index (χ0v) is 25.1. The molecule has 0 bridgehead atoms. The fourth-order valence-corrected chi connectivity index (χ4v) is 7.15. The third kappa shape index (κ3) is 4.54. The lowest BCUT2D eigenvalue weighted by Crippen LogP contribution is -2.10. The van der Waals surface area contributed by atoms with Crippen LogP contribution in [0.4, 0.5) is 17.1 Å². The Kier molecular flexibility index (Phi) is 4.24. The average Bonchev–Trinajstić information content (AvgIpc) is 3.64. The minimum absolute atomic E-state index is 0.0296. The van der Waals surface area contributed by atoms with Gasteiger partial charge in [0.05, 0.1) is 20.8 Å². The Morgan fingerprint density at radius 1 is 0.457 bits per heavy atom. The van der Waals surface area contributed by atoms with E-state index in [1.807, 2.05) is 77.7 Å². The van der Waals surface area contributed by atoms with Crippen LogP contribution >= 0.6 is 11.3 Å². The molecule has 1 aromatic heterocycles. The minimum atomic E-state index is -0.541. The Labute approximate surface area is 287 Å². The highest BCUT2D eigenvalue weighted by Gasteiger charge is 2.21. The van der Waals surface area contributed by atoms with Gasteiger partial charge < -0.3 is 4.90 Å². The Morgan fingerprint density at radius 2 is 0.978 bits per heavy atom. The van der Waals surface area contributed by atoms with Crippen LogP contribution in [0.5, 0.6) is 0 Å². The largest absolute Gasteiger partial charge is 0.310 e. The number of nitrogens with zero attached hydrogens (tertiary/aromatic N) is 1. The van der Waals surface area contributed by atoms with Crippen molar-refractivity contribution in [3.05, 3.63) is 176 Å². The van der Waals surface area contributed by atoms with E-state index in [4.69, 9.17) is 11.0 Å². The first kappa shape index (κ1) is 17.7. The summed E-state index contributed by atoms with van der Waals surface area (Å²) in [7, 11) is 0. The van der Waals surface area contributed by atoms with Crippen LogP contribution in [-0.2, 0) is 0 Å². The normalized spacial score (nSPS) is 14.8. The van der Waals surface area contributed by atoms with Crippen molar-refractivity contribution in [2.45, 2.75) is 0 Å². The molecule has 8 aromatic carbocycles. The standard InChI is InChI=1S/C44H29NS/c1-3-11-30(12-4-1)31-19-21-32(22-20-31)33-23-25-38(26-24-33)45(37-16-5-2-6-17-37)41-28-36-15-9-10-18-39(36)44-43(41)40-27-34-13-7-8-14-35(34)29-42(40)46-44/h1-29H/i7D,8D,9D,10D,13D,14D,15D,18D,27D,28D,29D. The number of thiophene rings is 1. The lowest BCUT2D eigenvalue weighted by atomic mass is 9.99. The van der Waals surface area contributed by atoms with E-state index in [-0.39, 0.29) is 66.9 Å². The van der Waals surface area contributed by atoms with Crippen molar-refractivity contribution in [1.29, 1.82) is 0 Å². The average molecular weight is 615 g/mol. The molecule has 0 amide bonds. The van der Waals surface area contributed by atoms with Gasteiger partial charge in [-0.25, -0.2) is 0 Å². The van der Waals surface area contributed by atoms with E-state index in [1.165, 1.54) is 0 Å². The molecule has 0 saturated carbocycles. The number of rotatable bonds is 5. The molecule has 0 N–H and O–H groups in total. The fourth-order valence-electron chi connectivity index (χ4n) is 5.98. The van der Waals surface area contributed by atoms with E-state index in [9.17, 15) is 4.11 Å². The van der Waals surface area contributed by atoms with Gasteiger partial charge in [-0.15, -0.1) is 11.3 Å². The zero-order chi connectivity index (χ0) is 40.0. The molecule has 0 saturated heterocycles. The van der Waals surface area contributed by atoms with E-state index < -0.39 is 42.3 Å². The van der Waals surface area contributed by atoms with Gasteiger partial charge in [-0.2, -0.15) is 0 Å². The van der Waals surface area contributed by atoms with Crippen molar-refractivity contribution in [2.24, 2.45) is 0 Å². The molecule has 46 heavy (non-hydrogen) atoms. The summed E-state index contributed by atoms with van der Waals surface area (Å²) in [5.74, 6) is 0. The van der Waals surface area contributed by atoms with Crippen molar-refractivity contribution >= 4 is 70.1 Å². The SMILES string of the molecule is [2H]c1c([2H])c([2H])c2c([2H])c3c(sc4c5c([2H])c([2H])c([2H])c([2H])c5c([2H])c(N(c5ccccc5)c5ccc(-c6ccc(-c7ccccc7)cc6)cc5)c43)c([2H])c2c1[2H]. The summed E-state index contributed by atoms with van der Waals surface area (Å²) in [5, 5.41) is 0.214. The van der Waals surface area contributed by atoms with Crippen LogP contribution in [0.3, 0.4) is 0 Å². The topological polar surface area (TPSA) is 3.24 Å². The maximum Gasteiger partial charge on any atom is 0.0652 e. The number of hydrogen-bond acceptors (Lipinski definition) is 2. The van der Waals surface area contributed by atoms with Crippen LogP contribution in [0.25, 0.3) is 64.0 Å². The van der Waals surface area contributed by atoms with Gasteiger partial charge in [-0.05, 0) is 86.2 Å². The first-order valence-corrected chi connectivity index (χ1v) is 15.6. The Bertz CT molecular complexity index is 3110. The molecule has 0 atom stereocenters. The molecule has 1 heterocycles. The van der Waals surface area contributed by atoms with E-state index in [0.29, 0.717) is 16.1 Å². The molecule has 0 unspecified atom stereocenters. The number of fused-ring (bicyclic) bond motifs is 6. The molecule has 0 spiro atoms. The van der Waals surface area contributed by atoms with Crippen LogP contribution in [0.2, 0.25) is 0 Å². The predicted molar refractivity (Wildman–Crippen MR) is 200 cm³/mol. The van der Waals surface area contributed by atoms with Crippen molar-refractivity contribution < 1.29 is 15.1 Å². The Morgan fingerprint density at radius 3 is 1.65 bits per heavy atom. The summed E-state index contributed by atoms with van der Waals surface area (Å²) < 4.78 is 98.7. The van der Waals surface area contributed by atoms with Gasteiger partial charge in [-0.3, -0.25) is 0 Å². The van der Waals surface area contributed by atoms with Gasteiger partial charge in [0, 0.05) is 31.5 Å². The van der Waals surface area contributed by atoms with Gasteiger partial charge in [0.2, 0.25) is 0 Å². The van der Waals surface area contributed by atoms with Crippen molar-refractivity contribution in [3.8, 4) is 22.3 Å². The van der Waals surface area contributed by atoms with E-state index in [0.717, 1.165) is 33.6 Å². The highest BCUT2D eigenvalue weighted by Crippen LogP contribution is 2.48. The van der Waals surface area contributed by atoms with Gasteiger partial charge >= 0.3 is 0 Å². The fraction of sp³-hybridized carbons (Fsp3) is 0. The second-order valence-electron chi connectivity index (χ2n) is 10.9. The predicted octanol–water partition coefficient (Wildman–Crippen LogP) is 13.2. The molecule has 0 aliphatic carbocycles. The summed E-state index contributed by atoms with van der Waals surface area (Å²) in [4.78, 5) is 1.81. The second-order valence-corrected chi connectivity index (χ2v) is 11.9. The molecule has 216 valence electrons. The van der Waals surface area contributed by atoms with Crippen molar-refractivity contribution in [3.63, 3.8) is 0 Å². The van der Waals surface area contributed by atoms with Crippen LogP contribution in [0, 0.1) is 0 Å². The summed E-state index contributed by atoms with van der Waals surface area (Å²) in [5.41, 5.74) is 5.55. The van der Waals surface area contributed by atoms with Crippen molar-refractivity contribution in [2.75, 3.05) is 4.90 Å². The van der Waals surface area contributed by atoms with Gasteiger partial charge in [0.25, 0.3) is 0 Å². The number of benzene rings is 8. The third-order valence-electron chi connectivity index (χ3n) is 8.17. The molecule has 9 aromatic rings. The smallest absolute Gasteiger partial charge is 0.0652 e. The van der Waals surface area contributed by atoms with Crippen LogP contribution in [0.15, 0.2) is 176 Å². The van der Waals surface area contributed by atoms with Crippen molar-refractivity contribution in [1.82, 2.24) is 0 Å². The monoisotopic (exact) mass is 614 g/mol. The highest BCUT2D eigenvalue weighted by molar-refractivity contribution is 7.27. The first-order chi connectivity index (χ1) is 27.4. The van der Waals surface area contributed by atoms with Crippen LogP contribution in [0.1, 0.15) is 15.1 Å². The molecule has 0 fully saturated rings. The number of anilines is 3. The van der Waals surface area contributed by atoms with Crippen LogP contribution < -0.4 is 4.90 Å². The summed E-state index contributed by atoms with van der Waals surface area (Å²) in [6, 6.07) is 30.8. The second kappa shape index (κ2) is 11.0. The number of hydrogen-bond donors (Lipinski definition) is 0. The Balaban J connectivity index is 1.38. The maximum atomic E-state index is 9.85. The summed E-state index contributed by atoms with van der Waals surface area (Å²) >= 11 is 1.02. The molecular formula is C44H29NS. The molecule has 0 aliphatic heterocycles. The van der Waals surface area contributed by atoms with Gasteiger partial charge in [-0.1, -0.05) is 133 Å². The maximum absolute atomic E-state index is 9.85. The van der Waals surface area contributed by atoms with Gasteiger partial charge in [0.15, 0.2) is 0 Å². The molecule has 9 rings (SSSR count). The molecule has 0 aliphatic rings. The van der Waals surface area contributed by atoms with Crippen LogP contribution in [-0.4, -0.2) is 0 Å². The molecule has 2 heteroatoms. The third-order valence-corrected chi connectivity index (χ3v) is 9.29. The van der Waals surface area contributed by atoms with E-state index in [2.05, 4.69) is 36.4 Å². The Hall–Kier alpha value is -5.70. The molecule has 1 nitrogen and oxygen atoms in total. The lowest BCUT2D eigenvalue weighted by molar-refractivity contribution is 1.30. The zero-order valence-electron chi connectivity index (χ0n) is 35.2. The molecular weight excluding hydrogens is 575 g/mol. The first-order valence-electron chi connectivity index (χ1n) is 20.3. The minimum Gasteiger partial charge on any atom is -0.310 e. The quantitative estimate of drug-likeness (QED) is 0.186. The van der Waals surface area contributed by atoms with E-state index in [1.54, 1.807) is 0 Å². The summed E-state index contributed by atoms with van der Waals surface area (Å²) in [6.45, 7) is 0. The summed E-state index contributed by atoms with van der Waals surface area (Å²) in [6.07, 6.45) is 0. The van der Waals surface area contributed by atoms with E-state index >= 15 is 0 Å². The highest BCUT2D eigenvalue weighted by atomic mass is 32.1. The lowest BCUT2D eigenvalue weighted by Gasteiger charge is -2.27. The number of para-hydroxylation sites is 1. The molecule has 0 radical (unpaired) electrons.